The second kappa shape index (κ2) is 5.50. The maximum absolute atomic E-state index is 12.5. The highest BCUT2D eigenvalue weighted by atomic mass is 31.2. The molecule has 2 aromatic carbocycles. The maximum atomic E-state index is 12.5. The Bertz CT molecular complexity index is 611. The van der Waals surface area contributed by atoms with E-state index in [1.54, 1.807) is 18.8 Å². The molecule has 0 saturated carbocycles. The second-order valence-corrected chi connectivity index (χ2v) is 6.78. The first kappa shape index (κ1) is 13.7. The first-order chi connectivity index (χ1) is 8.96. The van der Waals surface area contributed by atoms with E-state index < -0.39 is 7.52 Å². The lowest BCUT2D eigenvalue weighted by molar-refractivity contribution is 0.493. The van der Waals surface area contributed by atoms with Crippen molar-refractivity contribution < 1.29 is 9.09 Å². The molecule has 1 N–H and O–H groups in total. The quantitative estimate of drug-likeness (QED) is 0.827. The van der Waals surface area contributed by atoms with Crippen LogP contribution in [-0.4, -0.2) is 6.66 Å². The van der Waals surface area contributed by atoms with Gasteiger partial charge < -0.3 is 9.61 Å². The summed E-state index contributed by atoms with van der Waals surface area (Å²) in [4.78, 5) is 0. The van der Waals surface area contributed by atoms with E-state index in [-0.39, 0.29) is 0 Å². The molecular formula is C15H18NO2P. The largest absolute Gasteiger partial charge is 0.429 e. The van der Waals surface area contributed by atoms with Crippen LogP contribution in [0.4, 0.5) is 5.69 Å². The Hall–Kier alpha value is -1.73. The van der Waals surface area contributed by atoms with Crippen LogP contribution in [0.1, 0.15) is 11.1 Å². The van der Waals surface area contributed by atoms with Gasteiger partial charge in [-0.05, 0) is 37.6 Å². The highest BCUT2D eigenvalue weighted by molar-refractivity contribution is 7.60. The lowest BCUT2D eigenvalue weighted by atomic mass is 10.1. The van der Waals surface area contributed by atoms with Gasteiger partial charge in [-0.25, -0.2) is 0 Å². The van der Waals surface area contributed by atoms with Crippen LogP contribution in [0.15, 0.2) is 48.5 Å². The van der Waals surface area contributed by atoms with Crippen molar-refractivity contribution in [3.63, 3.8) is 0 Å². The first-order valence-electron chi connectivity index (χ1n) is 6.14. The molecule has 0 unspecified atom stereocenters. The van der Waals surface area contributed by atoms with Crippen molar-refractivity contribution in [1.82, 2.24) is 0 Å². The van der Waals surface area contributed by atoms with Crippen LogP contribution in [0, 0.1) is 13.8 Å². The van der Waals surface area contributed by atoms with Crippen molar-refractivity contribution >= 4 is 13.2 Å². The van der Waals surface area contributed by atoms with E-state index in [1.807, 2.05) is 50.2 Å². The van der Waals surface area contributed by atoms with Gasteiger partial charge in [0.15, 0.2) is 0 Å². The van der Waals surface area contributed by atoms with Crippen molar-refractivity contribution in [1.29, 1.82) is 0 Å². The molecule has 4 heteroatoms. The third kappa shape index (κ3) is 3.87. The van der Waals surface area contributed by atoms with E-state index in [0.717, 1.165) is 11.3 Å². The summed E-state index contributed by atoms with van der Waals surface area (Å²) in [6.45, 7) is 5.60. The normalized spacial score (nSPS) is 13.6. The summed E-state index contributed by atoms with van der Waals surface area (Å²) < 4.78 is 18.0. The Kier molecular flexibility index (Phi) is 3.96. The highest BCUT2D eigenvalue weighted by Gasteiger charge is 2.18. The summed E-state index contributed by atoms with van der Waals surface area (Å²) in [7, 11) is -2.93. The van der Waals surface area contributed by atoms with E-state index in [4.69, 9.17) is 4.52 Å². The predicted molar refractivity (Wildman–Crippen MR) is 80.1 cm³/mol. The van der Waals surface area contributed by atoms with Gasteiger partial charge in [0, 0.05) is 12.4 Å². The standard InChI is InChI=1S/C15H18NO2P/c1-12-9-10-15(13(2)11-12)16-19(3,17)18-14-7-5-4-6-8-14/h4-11H,1-3H3,(H,16,17)/t19-/m0/s1. The van der Waals surface area contributed by atoms with Crippen LogP contribution in [0.25, 0.3) is 0 Å². The number of benzene rings is 2. The van der Waals surface area contributed by atoms with Crippen molar-refractivity contribution in [2.45, 2.75) is 13.8 Å². The molecule has 2 rings (SSSR count). The third-order valence-electron chi connectivity index (χ3n) is 2.73. The minimum Gasteiger partial charge on any atom is -0.429 e. The summed E-state index contributed by atoms with van der Waals surface area (Å²) in [5, 5.41) is 3.00. The summed E-state index contributed by atoms with van der Waals surface area (Å²) >= 11 is 0. The molecule has 0 aliphatic rings. The molecule has 0 fully saturated rings. The number of para-hydroxylation sites is 1. The van der Waals surface area contributed by atoms with Gasteiger partial charge in [-0.3, -0.25) is 4.57 Å². The molecule has 100 valence electrons. The van der Waals surface area contributed by atoms with Crippen LogP contribution in [0.3, 0.4) is 0 Å². The van der Waals surface area contributed by atoms with Gasteiger partial charge in [0.1, 0.15) is 5.75 Å². The maximum Gasteiger partial charge on any atom is 0.338 e. The Morgan fingerprint density at radius 2 is 1.74 bits per heavy atom. The molecule has 0 radical (unpaired) electrons. The Morgan fingerprint density at radius 3 is 2.37 bits per heavy atom. The number of nitrogens with one attached hydrogen (secondary N) is 1. The van der Waals surface area contributed by atoms with E-state index in [9.17, 15) is 4.57 Å². The fraction of sp³-hybridized carbons (Fsp3) is 0.200. The van der Waals surface area contributed by atoms with Crippen molar-refractivity contribution in [2.24, 2.45) is 0 Å². The zero-order valence-electron chi connectivity index (χ0n) is 11.4. The average Bonchev–Trinajstić information content (AvgIpc) is 2.33. The Labute approximate surface area is 114 Å². The molecule has 0 amide bonds. The van der Waals surface area contributed by atoms with Gasteiger partial charge in [0.05, 0.1) is 0 Å². The topological polar surface area (TPSA) is 38.3 Å². The zero-order valence-corrected chi connectivity index (χ0v) is 12.3. The van der Waals surface area contributed by atoms with E-state index in [0.29, 0.717) is 5.75 Å². The number of hydrogen-bond acceptors (Lipinski definition) is 2. The van der Waals surface area contributed by atoms with Crippen LogP contribution < -0.4 is 9.61 Å². The minimum atomic E-state index is -2.93. The SMILES string of the molecule is Cc1ccc(N[P@@](C)(=O)Oc2ccccc2)c(C)c1. The molecule has 0 spiro atoms. The van der Waals surface area contributed by atoms with Gasteiger partial charge in [-0.2, -0.15) is 0 Å². The molecule has 2 aromatic rings. The van der Waals surface area contributed by atoms with Crippen LogP contribution in [-0.2, 0) is 4.57 Å². The highest BCUT2D eigenvalue weighted by Crippen LogP contribution is 2.43. The summed E-state index contributed by atoms with van der Waals surface area (Å²) in [5.41, 5.74) is 3.07. The monoisotopic (exact) mass is 275 g/mol. The second-order valence-electron chi connectivity index (χ2n) is 4.68. The predicted octanol–water partition coefficient (Wildman–Crippen LogP) is 4.62. The lowest BCUT2D eigenvalue weighted by Crippen LogP contribution is -2.03. The zero-order chi connectivity index (χ0) is 13.9. The molecule has 3 nitrogen and oxygen atoms in total. The van der Waals surface area contributed by atoms with Crippen molar-refractivity contribution in [3.05, 3.63) is 59.7 Å². The molecule has 0 aliphatic heterocycles. The van der Waals surface area contributed by atoms with E-state index in [1.165, 1.54) is 5.56 Å². The number of rotatable bonds is 4. The molecule has 0 saturated heterocycles. The van der Waals surface area contributed by atoms with Gasteiger partial charge in [-0.15, -0.1) is 0 Å². The van der Waals surface area contributed by atoms with E-state index >= 15 is 0 Å². The smallest absolute Gasteiger partial charge is 0.338 e. The number of aryl methyl sites for hydroxylation is 2. The van der Waals surface area contributed by atoms with Crippen molar-refractivity contribution in [3.8, 4) is 5.75 Å². The fourth-order valence-corrected chi connectivity index (χ4v) is 3.12. The first-order valence-corrected chi connectivity index (χ1v) is 8.21. The Morgan fingerprint density at radius 1 is 1.05 bits per heavy atom. The van der Waals surface area contributed by atoms with Crippen LogP contribution >= 0.6 is 7.52 Å². The van der Waals surface area contributed by atoms with E-state index in [2.05, 4.69) is 5.09 Å². The van der Waals surface area contributed by atoms with Crippen LogP contribution in [0.5, 0.6) is 5.75 Å². The fourth-order valence-electron chi connectivity index (χ4n) is 1.86. The summed E-state index contributed by atoms with van der Waals surface area (Å²) in [5.74, 6) is 0.602. The summed E-state index contributed by atoms with van der Waals surface area (Å²) in [6.07, 6.45) is 0. The Balaban J connectivity index is 2.15. The molecule has 0 bridgehead atoms. The molecule has 1 atom stereocenters. The average molecular weight is 275 g/mol. The van der Waals surface area contributed by atoms with Gasteiger partial charge in [0.25, 0.3) is 0 Å². The molecule has 0 heterocycles. The third-order valence-corrected chi connectivity index (χ3v) is 3.93. The molecule has 0 aromatic heterocycles. The number of anilines is 1. The van der Waals surface area contributed by atoms with Gasteiger partial charge >= 0.3 is 7.52 Å². The minimum absolute atomic E-state index is 0.602. The summed E-state index contributed by atoms with van der Waals surface area (Å²) in [6, 6.07) is 15.1. The molecular weight excluding hydrogens is 257 g/mol. The molecule has 0 aliphatic carbocycles. The molecule has 19 heavy (non-hydrogen) atoms. The van der Waals surface area contributed by atoms with Gasteiger partial charge in [-0.1, -0.05) is 35.9 Å². The van der Waals surface area contributed by atoms with Gasteiger partial charge in [0.2, 0.25) is 0 Å². The van der Waals surface area contributed by atoms with Crippen molar-refractivity contribution in [2.75, 3.05) is 11.8 Å². The lowest BCUT2D eigenvalue weighted by Gasteiger charge is -2.18. The van der Waals surface area contributed by atoms with Crippen LogP contribution in [0.2, 0.25) is 0 Å². The number of hydrogen-bond donors (Lipinski definition) is 1.